The van der Waals surface area contributed by atoms with Crippen molar-refractivity contribution < 1.29 is 9.53 Å². The van der Waals surface area contributed by atoms with E-state index in [1.807, 2.05) is 13.8 Å². The highest BCUT2D eigenvalue weighted by Gasteiger charge is 2.18. The molecule has 0 aliphatic rings. The number of carbonyl (C=O) groups is 1. The zero-order valence-corrected chi connectivity index (χ0v) is 9.78. The number of aromatic nitrogens is 2. The molecule has 1 aromatic heterocycles. The lowest BCUT2D eigenvalue weighted by molar-refractivity contribution is 0.0141. The summed E-state index contributed by atoms with van der Waals surface area (Å²) in [5.41, 5.74) is 0.433. The first-order valence-electron chi connectivity index (χ1n) is 5.01. The minimum absolute atomic E-state index is 0.119. The van der Waals surface area contributed by atoms with Crippen molar-refractivity contribution in [1.82, 2.24) is 9.78 Å². The second-order valence-corrected chi connectivity index (χ2v) is 4.29. The first-order valence-corrected chi connectivity index (χ1v) is 5.01. The Bertz CT molecular complexity index is 342. The van der Waals surface area contributed by atoms with Gasteiger partial charge in [-0.15, -0.1) is 0 Å². The molecule has 1 aromatic rings. The maximum Gasteiger partial charge on any atom is 0.166 e. The van der Waals surface area contributed by atoms with E-state index < -0.39 is 0 Å². The highest BCUT2D eigenvalue weighted by Crippen LogP contribution is 2.17. The summed E-state index contributed by atoms with van der Waals surface area (Å²) in [7, 11) is 3.46. The molecule has 4 nitrogen and oxygen atoms in total. The fourth-order valence-electron chi connectivity index (χ4n) is 1.23. The van der Waals surface area contributed by atoms with E-state index in [-0.39, 0.29) is 11.4 Å². The third-order valence-corrected chi connectivity index (χ3v) is 2.53. The number of nitrogens with zero attached hydrogens (tertiary/aromatic N) is 2. The van der Waals surface area contributed by atoms with Crippen LogP contribution in [0.25, 0.3) is 0 Å². The number of methoxy groups -OCH3 is 1. The zero-order chi connectivity index (χ0) is 11.5. The number of Topliss-reactive ketones (excluding diaryl/α,β-unsaturated/α-hetero) is 1. The normalized spacial score (nSPS) is 11.7. The molecule has 0 aliphatic carbocycles. The summed E-state index contributed by atoms with van der Waals surface area (Å²) in [6.45, 7) is 3.95. The number of ketones is 1. The molecule has 4 heteroatoms. The topological polar surface area (TPSA) is 44.1 Å². The Morgan fingerprint density at radius 3 is 2.73 bits per heavy atom. The number of carbonyl (C=O) groups excluding carboxylic acids is 1. The van der Waals surface area contributed by atoms with Gasteiger partial charge in [-0.25, -0.2) is 0 Å². The van der Waals surface area contributed by atoms with Gasteiger partial charge >= 0.3 is 0 Å². The molecule has 0 aliphatic heterocycles. The number of hydrogen-bond donors (Lipinski definition) is 0. The summed E-state index contributed by atoms with van der Waals surface area (Å²) in [5.74, 6) is 0.119. The van der Waals surface area contributed by atoms with Gasteiger partial charge in [0.2, 0.25) is 0 Å². The van der Waals surface area contributed by atoms with Gasteiger partial charge in [-0.3, -0.25) is 9.48 Å². The van der Waals surface area contributed by atoms with Crippen LogP contribution in [0, 0.1) is 0 Å². The van der Waals surface area contributed by atoms with Crippen LogP contribution in [0.2, 0.25) is 0 Å². The summed E-state index contributed by atoms with van der Waals surface area (Å²) >= 11 is 0. The molecule has 1 heterocycles. The summed E-state index contributed by atoms with van der Waals surface area (Å²) in [6, 6.07) is 0. The lowest BCUT2D eigenvalue weighted by Gasteiger charge is -2.21. The molecule has 0 aromatic carbocycles. The molecular weight excluding hydrogens is 192 g/mol. The Balaban J connectivity index is 2.50. The fraction of sp³-hybridized carbons (Fsp3) is 0.636. The van der Waals surface area contributed by atoms with Crippen LogP contribution in [-0.2, 0) is 11.8 Å². The first-order chi connectivity index (χ1) is 6.94. The molecule has 0 saturated carbocycles. The molecule has 0 spiro atoms. The van der Waals surface area contributed by atoms with Crippen molar-refractivity contribution in [2.24, 2.45) is 7.05 Å². The Morgan fingerprint density at radius 2 is 2.27 bits per heavy atom. The maximum atomic E-state index is 11.7. The van der Waals surface area contributed by atoms with E-state index in [0.29, 0.717) is 12.0 Å². The van der Waals surface area contributed by atoms with Crippen molar-refractivity contribution in [1.29, 1.82) is 0 Å². The van der Waals surface area contributed by atoms with Crippen molar-refractivity contribution >= 4 is 5.78 Å². The lowest BCUT2D eigenvalue weighted by Crippen LogP contribution is -2.23. The average molecular weight is 210 g/mol. The van der Waals surface area contributed by atoms with Crippen LogP contribution in [0.4, 0.5) is 0 Å². The van der Waals surface area contributed by atoms with Crippen LogP contribution < -0.4 is 0 Å². The number of hydrogen-bond acceptors (Lipinski definition) is 3. The smallest absolute Gasteiger partial charge is 0.166 e. The van der Waals surface area contributed by atoms with E-state index in [9.17, 15) is 4.79 Å². The van der Waals surface area contributed by atoms with E-state index in [1.165, 1.54) is 0 Å². The van der Waals surface area contributed by atoms with Gasteiger partial charge in [-0.05, 0) is 20.3 Å². The van der Waals surface area contributed by atoms with Crippen LogP contribution in [0.1, 0.15) is 37.0 Å². The van der Waals surface area contributed by atoms with Crippen LogP contribution >= 0.6 is 0 Å². The van der Waals surface area contributed by atoms with Crippen molar-refractivity contribution in [3.8, 4) is 0 Å². The van der Waals surface area contributed by atoms with Gasteiger partial charge in [0.25, 0.3) is 0 Å². The lowest BCUT2D eigenvalue weighted by atomic mass is 9.99. The van der Waals surface area contributed by atoms with Gasteiger partial charge in [-0.2, -0.15) is 5.10 Å². The summed E-state index contributed by atoms with van der Waals surface area (Å²) < 4.78 is 6.89. The zero-order valence-electron chi connectivity index (χ0n) is 9.78. The molecule has 15 heavy (non-hydrogen) atoms. The van der Waals surface area contributed by atoms with E-state index in [0.717, 1.165) is 6.42 Å². The second-order valence-electron chi connectivity index (χ2n) is 4.29. The van der Waals surface area contributed by atoms with Crippen molar-refractivity contribution in [3.05, 3.63) is 18.0 Å². The quantitative estimate of drug-likeness (QED) is 0.696. The molecule has 0 bridgehead atoms. The third-order valence-electron chi connectivity index (χ3n) is 2.53. The molecular formula is C11H18N2O2. The summed E-state index contributed by atoms with van der Waals surface area (Å²) in [5, 5.41) is 3.97. The van der Waals surface area contributed by atoms with Gasteiger partial charge < -0.3 is 4.74 Å². The van der Waals surface area contributed by atoms with Gasteiger partial charge in [0, 0.05) is 26.8 Å². The maximum absolute atomic E-state index is 11.7. The molecule has 0 saturated heterocycles. The van der Waals surface area contributed by atoms with Gasteiger partial charge in [0.15, 0.2) is 5.78 Å². The molecule has 0 N–H and O–H groups in total. The SMILES string of the molecule is COC(C)(C)CCC(=O)c1cnn(C)c1. The number of rotatable bonds is 5. The van der Waals surface area contributed by atoms with Crippen molar-refractivity contribution in [3.63, 3.8) is 0 Å². The molecule has 1 rings (SSSR count). The first kappa shape index (κ1) is 11.9. The summed E-state index contributed by atoms with van der Waals surface area (Å²) in [6.07, 6.45) is 4.55. The van der Waals surface area contributed by atoms with Gasteiger partial charge in [0.05, 0.1) is 17.4 Å². The Labute approximate surface area is 90.2 Å². The van der Waals surface area contributed by atoms with Gasteiger partial charge in [-0.1, -0.05) is 0 Å². The van der Waals surface area contributed by atoms with Gasteiger partial charge in [0.1, 0.15) is 0 Å². The van der Waals surface area contributed by atoms with E-state index in [4.69, 9.17) is 4.74 Å². The minimum Gasteiger partial charge on any atom is -0.379 e. The Morgan fingerprint density at radius 1 is 1.60 bits per heavy atom. The minimum atomic E-state index is -0.238. The third kappa shape index (κ3) is 3.47. The Hall–Kier alpha value is -1.16. The van der Waals surface area contributed by atoms with Crippen molar-refractivity contribution in [2.45, 2.75) is 32.3 Å². The number of aryl methyl sites for hydroxylation is 1. The van der Waals surface area contributed by atoms with Crippen LogP contribution in [-0.4, -0.2) is 28.3 Å². The highest BCUT2D eigenvalue weighted by atomic mass is 16.5. The molecule has 84 valence electrons. The molecule has 0 amide bonds. The molecule has 0 radical (unpaired) electrons. The predicted octanol–water partition coefficient (Wildman–Crippen LogP) is 1.81. The predicted molar refractivity (Wildman–Crippen MR) is 57.9 cm³/mol. The summed E-state index contributed by atoms with van der Waals surface area (Å²) in [4.78, 5) is 11.7. The van der Waals surface area contributed by atoms with Crippen LogP contribution in [0.15, 0.2) is 12.4 Å². The molecule has 0 atom stereocenters. The van der Waals surface area contributed by atoms with E-state index >= 15 is 0 Å². The van der Waals surface area contributed by atoms with Crippen LogP contribution in [0.3, 0.4) is 0 Å². The monoisotopic (exact) mass is 210 g/mol. The molecule has 0 unspecified atom stereocenters. The van der Waals surface area contributed by atoms with E-state index in [1.54, 1.807) is 31.2 Å². The van der Waals surface area contributed by atoms with E-state index in [2.05, 4.69) is 5.10 Å². The number of ether oxygens (including phenoxy) is 1. The molecule has 0 fully saturated rings. The van der Waals surface area contributed by atoms with Crippen molar-refractivity contribution in [2.75, 3.05) is 7.11 Å². The second kappa shape index (κ2) is 4.57. The van der Waals surface area contributed by atoms with Crippen LogP contribution in [0.5, 0.6) is 0 Å². The Kier molecular flexibility index (Phi) is 3.63. The highest BCUT2D eigenvalue weighted by molar-refractivity contribution is 5.95. The standard InChI is InChI=1S/C11H18N2O2/c1-11(2,15-4)6-5-10(14)9-7-12-13(3)8-9/h7-8H,5-6H2,1-4H3. The average Bonchev–Trinajstić information content (AvgIpc) is 2.61. The fourth-order valence-corrected chi connectivity index (χ4v) is 1.23. The largest absolute Gasteiger partial charge is 0.379 e.